The van der Waals surface area contributed by atoms with Crippen molar-refractivity contribution >= 4 is 11.8 Å². The van der Waals surface area contributed by atoms with Gasteiger partial charge in [0, 0.05) is 48.7 Å². The van der Waals surface area contributed by atoms with Crippen LogP contribution in [0.5, 0.6) is 11.8 Å². The summed E-state index contributed by atoms with van der Waals surface area (Å²) in [5.41, 5.74) is 0.778. The largest absolute Gasteiger partial charge is 0.476 e. The van der Waals surface area contributed by atoms with E-state index in [1.807, 2.05) is 65.8 Å². The number of piperidine rings is 2. The highest BCUT2D eigenvalue weighted by atomic mass is 16.5. The Kier molecular flexibility index (Phi) is 13.4. The van der Waals surface area contributed by atoms with Crippen LogP contribution in [-0.2, 0) is 9.59 Å². The molecule has 4 atom stereocenters. The van der Waals surface area contributed by atoms with Crippen LogP contribution in [0.1, 0.15) is 65.5 Å². The van der Waals surface area contributed by atoms with Crippen molar-refractivity contribution in [2.45, 2.75) is 80.3 Å². The van der Waals surface area contributed by atoms with E-state index in [1.54, 1.807) is 12.4 Å². The minimum Gasteiger partial charge on any atom is -0.476 e. The van der Waals surface area contributed by atoms with Gasteiger partial charge in [0.25, 0.3) is 0 Å². The highest BCUT2D eigenvalue weighted by Crippen LogP contribution is 2.24. The highest BCUT2D eigenvalue weighted by Gasteiger charge is 2.35. The van der Waals surface area contributed by atoms with Crippen LogP contribution in [-0.4, -0.2) is 97.2 Å². The number of hydrogen-bond acceptors (Lipinski definition) is 8. The van der Waals surface area contributed by atoms with Gasteiger partial charge in [0.15, 0.2) is 0 Å². The number of likely N-dealkylation sites (tertiary alicyclic amines) is 2. The molecule has 4 rings (SSSR count). The number of aryl methyl sites for hydroxylation is 2. The Morgan fingerprint density at radius 1 is 0.761 bits per heavy atom. The molecule has 2 amide bonds. The monoisotopic (exact) mass is 638 g/mol. The summed E-state index contributed by atoms with van der Waals surface area (Å²) in [7, 11) is 4.25. The van der Waals surface area contributed by atoms with Gasteiger partial charge in [0.1, 0.15) is 13.2 Å². The SMILES string of the molecule is Cc1cccnc1OCC(C)(C)C(=O)N[C@@H]1CCN(C)C[C@H]1C.Cc1cccnc1OCC(C)(C)C(=O)N[C@H]1CCN(C)C[C@@H]1C. The number of nitrogens with zero attached hydrogens (tertiary/aromatic N) is 4. The quantitative estimate of drug-likeness (QED) is 0.392. The Morgan fingerprint density at radius 3 is 1.46 bits per heavy atom. The number of ether oxygens (including phenoxy) is 2. The van der Waals surface area contributed by atoms with Crippen molar-refractivity contribution in [1.29, 1.82) is 0 Å². The maximum Gasteiger partial charge on any atom is 0.229 e. The zero-order chi connectivity index (χ0) is 34.1. The van der Waals surface area contributed by atoms with Crippen molar-refractivity contribution in [2.75, 3.05) is 53.5 Å². The Labute approximate surface area is 277 Å². The molecule has 10 nitrogen and oxygen atoms in total. The zero-order valence-electron chi connectivity index (χ0n) is 29.9. The van der Waals surface area contributed by atoms with Gasteiger partial charge >= 0.3 is 0 Å². The second-order valence-electron chi connectivity index (χ2n) is 14.8. The summed E-state index contributed by atoms with van der Waals surface area (Å²) in [4.78, 5) is 38.3. The molecule has 0 aliphatic carbocycles. The van der Waals surface area contributed by atoms with Gasteiger partial charge in [0.05, 0.1) is 10.8 Å². The summed E-state index contributed by atoms with van der Waals surface area (Å²) >= 11 is 0. The molecular weight excluding hydrogens is 580 g/mol. The summed E-state index contributed by atoms with van der Waals surface area (Å²) in [5.74, 6) is 2.22. The fourth-order valence-corrected chi connectivity index (χ4v) is 5.74. The Hall–Kier alpha value is -3.24. The summed E-state index contributed by atoms with van der Waals surface area (Å²) in [5, 5.41) is 6.43. The van der Waals surface area contributed by atoms with Gasteiger partial charge in [-0.3, -0.25) is 9.59 Å². The summed E-state index contributed by atoms with van der Waals surface area (Å²) < 4.78 is 11.6. The molecule has 10 heteroatoms. The lowest BCUT2D eigenvalue weighted by Gasteiger charge is -2.37. The van der Waals surface area contributed by atoms with E-state index in [2.05, 4.69) is 58.3 Å². The van der Waals surface area contributed by atoms with E-state index in [1.165, 1.54) is 0 Å². The summed E-state index contributed by atoms with van der Waals surface area (Å²) in [6.07, 6.45) is 5.41. The molecule has 0 saturated carbocycles. The van der Waals surface area contributed by atoms with Gasteiger partial charge in [0.2, 0.25) is 23.6 Å². The van der Waals surface area contributed by atoms with Crippen molar-refractivity contribution in [3.05, 3.63) is 47.8 Å². The maximum absolute atomic E-state index is 12.6. The molecule has 46 heavy (non-hydrogen) atoms. The number of nitrogens with one attached hydrogen (secondary N) is 2. The number of amides is 2. The van der Waals surface area contributed by atoms with Crippen molar-refractivity contribution in [2.24, 2.45) is 22.7 Å². The van der Waals surface area contributed by atoms with Crippen molar-refractivity contribution in [3.63, 3.8) is 0 Å². The lowest BCUT2D eigenvalue weighted by molar-refractivity contribution is -0.133. The molecule has 2 aliphatic heterocycles. The van der Waals surface area contributed by atoms with Crippen LogP contribution >= 0.6 is 0 Å². The Bertz CT molecular complexity index is 1190. The zero-order valence-corrected chi connectivity index (χ0v) is 29.9. The molecular formula is C36H58N6O4. The number of hydrogen-bond donors (Lipinski definition) is 2. The molecule has 0 radical (unpaired) electrons. The first-order valence-electron chi connectivity index (χ1n) is 16.7. The van der Waals surface area contributed by atoms with Crippen molar-refractivity contribution < 1.29 is 19.1 Å². The van der Waals surface area contributed by atoms with E-state index in [0.29, 0.717) is 36.8 Å². The van der Waals surface area contributed by atoms with Crippen LogP contribution in [0.4, 0.5) is 0 Å². The van der Waals surface area contributed by atoms with E-state index in [0.717, 1.165) is 50.1 Å². The molecule has 2 fully saturated rings. The predicted molar refractivity (Wildman–Crippen MR) is 183 cm³/mol. The second kappa shape index (κ2) is 16.5. The van der Waals surface area contributed by atoms with Crippen molar-refractivity contribution in [3.8, 4) is 11.8 Å². The highest BCUT2D eigenvalue weighted by molar-refractivity contribution is 5.82. The average molecular weight is 639 g/mol. The molecule has 2 saturated heterocycles. The van der Waals surface area contributed by atoms with Gasteiger partial charge in [-0.2, -0.15) is 0 Å². The van der Waals surface area contributed by atoms with E-state index < -0.39 is 10.8 Å². The van der Waals surface area contributed by atoms with Gasteiger partial charge in [-0.25, -0.2) is 9.97 Å². The molecule has 2 N–H and O–H groups in total. The van der Waals surface area contributed by atoms with Gasteiger partial charge in [-0.1, -0.05) is 26.0 Å². The molecule has 2 aromatic rings. The van der Waals surface area contributed by atoms with Crippen molar-refractivity contribution in [1.82, 2.24) is 30.4 Å². The van der Waals surface area contributed by atoms with Crippen LogP contribution in [0.15, 0.2) is 36.7 Å². The summed E-state index contributed by atoms with van der Waals surface area (Å²) in [6, 6.07) is 8.15. The second-order valence-corrected chi connectivity index (χ2v) is 14.8. The Balaban J connectivity index is 0.000000250. The van der Waals surface area contributed by atoms with E-state index in [-0.39, 0.29) is 23.9 Å². The third-order valence-electron chi connectivity index (χ3n) is 9.14. The first kappa shape index (κ1) is 37.2. The lowest BCUT2D eigenvalue weighted by Crippen LogP contribution is -2.52. The van der Waals surface area contributed by atoms with Crippen LogP contribution in [0.3, 0.4) is 0 Å². The summed E-state index contributed by atoms with van der Waals surface area (Å²) in [6.45, 7) is 20.7. The average Bonchev–Trinajstić information content (AvgIpc) is 2.99. The first-order valence-corrected chi connectivity index (χ1v) is 16.7. The minimum absolute atomic E-state index is 0.0486. The molecule has 2 aromatic heterocycles. The molecule has 0 unspecified atom stereocenters. The number of aromatic nitrogens is 2. The maximum atomic E-state index is 12.6. The van der Waals surface area contributed by atoms with E-state index in [9.17, 15) is 9.59 Å². The van der Waals surface area contributed by atoms with Gasteiger partial charge < -0.3 is 29.9 Å². The number of carbonyl (C=O) groups is 2. The third kappa shape index (κ3) is 10.9. The molecule has 256 valence electrons. The number of rotatable bonds is 10. The molecule has 0 bridgehead atoms. The lowest BCUT2D eigenvalue weighted by atomic mass is 9.89. The normalized spacial score (nSPS) is 22.7. The van der Waals surface area contributed by atoms with Crippen LogP contribution in [0.25, 0.3) is 0 Å². The number of carbonyl (C=O) groups excluding carboxylic acids is 2. The number of pyridine rings is 2. The molecule has 4 heterocycles. The molecule has 2 aliphatic rings. The minimum atomic E-state index is -0.590. The molecule has 0 aromatic carbocycles. The smallest absolute Gasteiger partial charge is 0.229 e. The van der Waals surface area contributed by atoms with E-state index in [4.69, 9.17) is 9.47 Å². The van der Waals surface area contributed by atoms with Gasteiger partial charge in [-0.05, 0) is 106 Å². The standard InChI is InChI=1S/2C18H29N3O2/c2*1-13-7-6-9-19-16(13)23-12-18(3,4)17(22)20-15-8-10-21(5)11-14(15)2/h2*6-7,9,14-15H,8,10-12H2,1-5H3,(H,20,22)/t2*14-,15-/m10/s1. The first-order chi connectivity index (χ1) is 21.6. The Morgan fingerprint density at radius 2 is 1.13 bits per heavy atom. The van der Waals surface area contributed by atoms with Gasteiger partial charge in [-0.15, -0.1) is 0 Å². The van der Waals surface area contributed by atoms with Crippen LogP contribution in [0.2, 0.25) is 0 Å². The van der Waals surface area contributed by atoms with Crippen LogP contribution < -0.4 is 20.1 Å². The fraction of sp³-hybridized carbons (Fsp3) is 0.667. The third-order valence-corrected chi connectivity index (χ3v) is 9.14. The van der Waals surface area contributed by atoms with E-state index >= 15 is 0 Å². The van der Waals surface area contributed by atoms with Crippen LogP contribution in [0, 0.1) is 36.5 Å². The topological polar surface area (TPSA) is 109 Å². The predicted octanol–water partition coefficient (Wildman–Crippen LogP) is 4.50. The fourth-order valence-electron chi connectivity index (χ4n) is 5.74. The molecule has 0 spiro atoms.